The summed E-state index contributed by atoms with van der Waals surface area (Å²) in [6, 6.07) is 4.90. The highest BCUT2D eigenvalue weighted by Crippen LogP contribution is 2.32. The second-order valence-corrected chi connectivity index (χ2v) is 6.71. The van der Waals surface area contributed by atoms with E-state index in [1.54, 1.807) is 17.9 Å². The van der Waals surface area contributed by atoms with Crippen LogP contribution in [0, 0.1) is 5.92 Å². The maximum atomic E-state index is 12.9. The number of alkyl halides is 3. The van der Waals surface area contributed by atoms with Gasteiger partial charge in [0.05, 0.1) is 11.6 Å². The zero-order valence-corrected chi connectivity index (χ0v) is 16.1. The molecule has 1 aromatic rings. The zero-order valence-electron chi connectivity index (χ0n) is 15.3. The third kappa shape index (κ3) is 6.16. The van der Waals surface area contributed by atoms with E-state index >= 15 is 0 Å². The van der Waals surface area contributed by atoms with E-state index in [4.69, 9.17) is 0 Å². The Labute approximate surface area is 159 Å². The van der Waals surface area contributed by atoms with Crippen molar-refractivity contribution in [1.29, 1.82) is 0 Å². The monoisotopic (exact) mass is 392 g/mol. The number of hydrogen-bond acceptors (Lipinski definition) is 2. The number of hydrogen-bond donors (Lipinski definition) is 1. The quantitative estimate of drug-likeness (QED) is 0.753. The topological polar surface area (TPSA) is 32.3 Å². The van der Waals surface area contributed by atoms with Gasteiger partial charge in [-0.3, -0.25) is 4.79 Å². The normalized spacial score (nSPS) is 16.7. The van der Waals surface area contributed by atoms with Gasteiger partial charge in [0.15, 0.2) is 0 Å². The van der Waals surface area contributed by atoms with E-state index in [1.165, 1.54) is 6.07 Å². The molecule has 1 unspecified atom stereocenters. The predicted molar refractivity (Wildman–Crippen MR) is 99.3 cm³/mol. The second-order valence-electron chi connectivity index (χ2n) is 6.71. The largest absolute Gasteiger partial charge is 0.416 e. The summed E-state index contributed by atoms with van der Waals surface area (Å²) in [5.74, 6) is 0.582. The molecule has 0 radical (unpaired) electrons. The Balaban J connectivity index is 0.00000338. The van der Waals surface area contributed by atoms with Crippen LogP contribution in [-0.4, -0.2) is 30.4 Å². The predicted octanol–water partition coefficient (Wildman–Crippen LogP) is 4.82. The summed E-state index contributed by atoms with van der Waals surface area (Å²) in [7, 11) is 0. The Kier molecular flexibility index (Phi) is 8.90. The summed E-state index contributed by atoms with van der Waals surface area (Å²) in [5, 5.41) is 3.31. The molecule has 1 atom stereocenters. The van der Waals surface area contributed by atoms with Crippen LogP contribution in [0.4, 0.5) is 13.2 Å². The third-order valence-electron chi connectivity index (χ3n) is 5.05. The summed E-state index contributed by atoms with van der Waals surface area (Å²) in [4.78, 5) is 14.3. The van der Waals surface area contributed by atoms with Gasteiger partial charge in [0.1, 0.15) is 0 Å². The number of carbonyl (C=O) groups is 1. The van der Waals surface area contributed by atoms with Crippen molar-refractivity contribution in [2.45, 2.75) is 51.7 Å². The molecule has 148 valence electrons. The number of nitrogens with zero attached hydrogens (tertiary/aromatic N) is 1. The van der Waals surface area contributed by atoms with Crippen LogP contribution in [0.25, 0.3) is 0 Å². The van der Waals surface area contributed by atoms with Crippen molar-refractivity contribution in [2.24, 2.45) is 5.92 Å². The fourth-order valence-corrected chi connectivity index (χ4v) is 3.46. The minimum absolute atomic E-state index is 0. The van der Waals surface area contributed by atoms with Crippen LogP contribution in [0.15, 0.2) is 24.3 Å². The van der Waals surface area contributed by atoms with Crippen LogP contribution in [-0.2, 0) is 11.0 Å². The van der Waals surface area contributed by atoms with Crippen molar-refractivity contribution in [3.05, 3.63) is 35.4 Å². The highest BCUT2D eigenvalue weighted by molar-refractivity contribution is 5.85. The first kappa shape index (κ1) is 22.8. The lowest BCUT2D eigenvalue weighted by Gasteiger charge is -2.30. The SMILES string of the molecule is CCN(C(=O)CCC1CCNCC1)C(C)c1cccc(C(F)(F)F)c1.Cl. The Bertz CT molecular complexity index is 574. The van der Waals surface area contributed by atoms with Crippen molar-refractivity contribution < 1.29 is 18.0 Å². The van der Waals surface area contributed by atoms with Crippen LogP contribution < -0.4 is 5.32 Å². The summed E-state index contributed by atoms with van der Waals surface area (Å²) in [6.07, 6.45) is -0.884. The Morgan fingerprint density at radius 1 is 1.31 bits per heavy atom. The van der Waals surface area contributed by atoms with Crippen molar-refractivity contribution in [2.75, 3.05) is 19.6 Å². The Morgan fingerprint density at radius 3 is 2.54 bits per heavy atom. The molecule has 1 amide bonds. The van der Waals surface area contributed by atoms with Gasteiger partial charge in [-0.2, -0.15) is 13.2 Å². The molecule has 1 heterocycles. The number of halogens is 4. The lowest BCUT2D eigenvalue weighted by Crippen LogP contribution is -2.34. The first-order chi connectivity index (χ1) is 11.8. The first-order valence-corrected chi connectivity index (χ1v) is 9.00. The van der Waals surface area contributed by atoms with Gasteiger partial charge < -0.3 is 10.2 Å². The first-order valence-electron chi connectivity index (χ1n) is 9.00. The molecule has 1 fully saturated rings. The molecule has 0 aromatic heterocycles. The molecule has 1 aromatic carbocycles. The highest BCUT2D eigenvalue weighted by Gasteiger charge is 2.31. The number of rotatable bonds is 6. The molecule has 0 aliphatic carbocycles. The molecule has 0 saturated carbocycles. The summed E-state index contributed by atoms with van der Waals surface area (Å²) >= 11 is 0. The number of amides is 1. The Morgan fingerprint density at radius 2 is 1.96 bits per heavy atom. The van der Waals surface area contributed by atoms with Crippen LogP contribution in [0.5, 0.6) is 0 Å². The molecule has 0 bridgehead atoms. The van der Waals surface area contributed by atoms with Gasteiger partial charge in [-0.05, 0) is 69.8 Å². The lowest BCUT2D eigenvalue weighted by atomic mass is 9.92. The molecular weight excluding hydrogens is 365 g/mol. The van der Waals surface area contributed by atoms with Gasteiger partial charge in [-0.25, -0.2) is 0 Å². The van der Waals surface area contributed by atoms with Crippen molar-refractivity contribution in [3.63, 3.8) is 0 Å². The molecule has 26 heavy (non-hydrogen) atoms. The summed E-state index contributed by atoms with van der Waals surface area (Å²) < 4.78 is 38.7. The van der Waals surface area contributed by atoms with Gasteiger partial charge in [-0.1, -0.05) is 12.1 Å². The van der Waals surface area contributed by atoms with E-state index in [1.807, 2.05) is 6.92 Å². The highest BCUT2D eigenvalue weighted by atomic mass is 35.5. The lowest BCUT2D eigenvalue weighted by molar-refractivity contribution is -0.137. The van der Waals surface area contributed by atoms with Crippen LogP contribution in [0.2, 0.25) is 0 Å². The Hall–Kier alpha value is -1.27. The standard InChI is InChI=1S/C19H27F3N2O.ClH/c1-3-24(18(25)8-7-15-9-11-23-12-10-15)14(2)16-5-4-6-17(13-16)19(20,21)22;/h4-6,13-15,23H,3,7-12H2,1-2H3;1H. The smallest absolute Gasteiger partial charge is 0.336 e. The molecule has 3 nitrogen and oxygen atoms in total. The van der Waals surface area contributed by atoms with E-state index in [9.17, 15) is 18.0 Å². The van der Waals surface area contributed by atoms with Crippen molar-refractivity contribution in [1.82, 2.24) is 10.2 Å². The van der Waals surface area contributed by atoms with Gasteiger partial charge in [0, 0.05) is 13.0 Å². The molecule has 1 N–H and O–H groups in total. The van der Waals surface area contributed by atoms with E-state index < -0.39 is 11.7 Å². The minimum atomic E-state index is -4.37. The van der Waals surface area contributed by atoms with Crippen LogP contribution in [0.1, 0.15) is 56.7 Å². The summed E-state index contributed by atoms with van der Waals surface area (Å²) in [5.41, 5.74) is -0.151. The van der Waals surface area contributed by atoms with E-state index in [2.05, 4.69) is 5.32 Å². The van der Waals surface area contributed by atoms with Crippen LogP contribution in [0.3, 0.4) is 0 Å². The molecule has 2 rings (SSSR count). The van der Waals surface area contributed by atoms with Crippen LogP contribution >= 0.6 is 12.4 Å². The number of benzene rings is 1. The fraction of sp³-hybridized carbons (Fsp3) is 0.632. The molecule has 7 heteroatoms. The van der Waals surface area contributed by atoms with Gasteiger partial charge in [-0.15, -0.1) is 12.4 Å². The van der Waals surface area contributed by atoms with E-state index in [0.717, 1.165) is 44.5 Å². The fourth-order valence-electron chi connectivity index (χ4n) is 3.46. The van der Waals surface area contributed by atoms with Crippen molar-refractivity contribution >= 4 is 18.3 Å². The number of carbonyl (C=O) groups excluding carboxylic acids is 1. The molecule has 1 saturated heterocycles. The van der Waals surface area contributed by atoms with Gasteiger partial charge in [0.25, 0.3) is 0 Å². The molecule has 1 aliphatic rings. The molecule has 1 aliphatic heterocycles. The second kappa shape index (κ2) is 10.2. The average molecular weight is 393 g/mol. The van der Waals surface area contributed by atoms with E-state index in [-0.39, 0.29) is 24.4 Å². The maximum absolute atomic E-state index is 12.9. The third-order valence-corrected chi connectivity index (χ3v) is 5.05. The van der Waals surface area contributed by atoms with E-state index in [0.29, 0.717) is 24.4 Å². The molecule has 0 spiro atoms. The average Bonchev–Trinajstić information content (AvgIpc) is 2.60. The number of nitrogens with one attached hydrogen (secondary N) is 1. The zero-order chi connectivity index (χ0) is 18.4. The summed E-state index contributed by atoms with van der Waals surface area (Å²) in [6.45, 7) is 6.14. The van der Waals surface area contributed by atoms with Gasteiger partial charge in [0.2, 0.25) is 5.91 Å². The van der Waals surface area contributed by atoms with Gasteiger partial charge >= 0.3 is 6.18 Å². The molecular formula is C19H28ClF3N2O. The number of piperidine rings is 1. The minimum Gasteiger partial charge on any atom is -0.336 e. The maximum Gasteiger partial charge on any atom is 0.416 e. The van der Waals surface area contributed by atoms with Crippen molar-refractivity contribution in [3.8, 4) is 0 Å².